The molecule has 1 aromatic rings. The second kappa shape index (κ2) is 4.70. The van der Waals surface area contributed by atoms with Crippen molar-refractivity contribution in [2.45, 2.75) is 6.10 Å². The molecule has 4 heteroatoms. The number of aliphatic hydroxyl groups is 1. The standard InChI is InChI=1S/C11H12O4/c12-10(11-7-13-8-15-11)6-14-9-4-2-1-3-5-9/h1-5,7,10,12H,6,8H2. The van der Waals surface area contributed by atoms with E-state index in [9.17, 15) is 5.11 Å². The molecule has 80 valence electrons. The molecule has 0 spiro atoms. The van der Waals surface area contributed by atoms with E-state index in [-0.39, 0.29) is 13.4 Å². The first kappa shape index (κ1) is 9.86. The molecule has 1 unspecified atom stereocenters. The van der Waals surface area contributed by atoms with Crippen LogP contribution in [0.4, 0.5) is 0 Å². The van der Waals surface area contributed by atoms with Crippen molar-refractivity contribution in [1.82, 2.24) is 0 Å². The topological polar surface area (TPSA) is 47.9 Å². The molecule has 1 aliphatic rings. The lowest BCUT2D eigenvalue weighted by atomic mass is 10.3. The van der Waals surface area contributed by atoms with Crippen LogP contribution in [0.1, 0.15) is 0 Å². The van der Waals surface area contributed by atoms with Gasteiger partial charge in [0.1, 0.15) is 24.7 Å². The van der Waals surface area contributed by atoms with Gasteiger partial charge in [-0.15, -0.1) is 0 Å². The van der Waals surface area contributed by atoms with Crippen LogP contribution in [-0.4, -0.2) is 24.6 Å². The van der Waals surface area contributed by atoms with E-state index in [0.29, 0.717) is 5.76 Å². The fourth-order valence-electron chi connectivity index (χ4n) is 1.20. The van der Waals surface area contributed by atoms with Crippen molar-refractivity contribution in [3.05, 3.63) is 42.4 Å². The van der Waals surface area contributed by atoms with Gasteiger partial charge in [0.2, 0.25) is 6.79 Å². The largest absolute Gasteiger partial charge is 0.490 e. The van der Waals surface area contributed by atoms with Gasteiger partial charge in [-0.05, 0) is 12.1 Å². The zero-order valence-electron chi connectivity index (χ0n) is 8.13. The molecule has 0 saturated heterocycles. The molecule has 1 aliphatic heterocycles. The zero-order valence-corrected chi connectivity index (χ0v) is 8.13. The summed E-state index contributed by atoms with van der Waals surface area (Å²) < 4.78 is 15.2. The summed E-state index contributed by atoms with van der Waals surface area (Å²) in [4.78, 5) is 0. The predicted octanol–water partition coefficient (Wildman–Crippen LogP) is 1.27. The molecule has 0 amide bonds. The third-order valence-corrected chi connectivity index (χ3v) is 1.97. The van der Waals surface area contributed by atoms with Crippen LogP contribution < -0.4 is 4.74 Å². The van der Waals surface area contributed by atoms with Gasteiger partial charge in [0.15, 0.2) is 5.76 Å². The Kier molecular flexibility index (Phi) is 3.09. The van der Waals surface area contributed by atoms with E-state index in [4.69, 9.17) is 14.2 Å². The molecular weight excluding hydrogens is 196 g/mol. The van der Waals surface area contributed by atoms with Crippen molar-refractivity contribution >= 4 is 0 Å². The number of aliphatic hydroxyl groups excluding tert-OH is 1. The minimum Gasteiger partial charge on any atom is -0.490 e. The van der Waals surface area contributed by atoms with Crippen LogP contribution in [0.15, 0.2) is 42.4 Å². The van der Waals surface area contributed by atoms with Crippen LogP contribution in [-0.2, 0) is 9.47 Å². The van der Waals surface area contributed by atoms with Gasteiger partial charge in [-0.3, -0.25) is 0 Å². The van der Waals surface area contributed by atoms with E-state index in [1.165, 1.54) is 6.26 Å². The molecule has 1 N–H and O–H groups in total. The number of ether oxygens (including phenoxy) is 3. The van der Waals surface area contributed by atoms with Crippen LogP contribution in [0, 0.1) is 0 Å². The summed E-state index contributed by atoms with van der Waals surface area (Å²) in [5.41, 5.74) is 0. The second-order valence-corrected chi connectivity index (χ2v) is 3.09. The predicted molar refractivity (Wildman–Crippen MR) is 53.1 cm³/mol. The highest BCUT2D eigenvalue weighted by Gasteiger charge is 2.17. The van der Waals surface area contributed by atoms with Crippen LogP contribution in [0.3, 0.4) is 0 Å². The molecule has 1 atom stereocenters. The minimum atomic E-state index is -0.785. The molecule has 0 radical (unpaired) electrons. The van der Waals surface area contributed by atoms with Gasteiger partial charge >= 0.3 is 0 Å². The maximum absolute atomic E-state index is 9.61. The summed E-state index contributed by atoms with van der Waals surface area (Å²) in [7, 11) is 0. The van der Waals surface area contributed by atoms with Gasteiger partial charge < -0.3 is 19.3 Å². The lowest BCUT2D eigenvalue weighted by Crippen LogP contribution is -2.20. The molecule has 2 rings (SSSR count). The maximum Gasteiger partial charge on any atom is 0.230 e. The van der Waals surface area contributed by atoms with Gasteiger partial charge in [-0.2, -0.15) is 0 Å². The quantitative estimate of drug-likeness (QED) is 0.809. The van der Waals surface area contributed by atoms with Crippen molar-refractivity contribution in [1.29, 1.82) is 0 Å². The number of benzene rings is 1. The molecule has 4 nitrogen and oxygen atoms in total. The summed E-state index contributed by atoms with van der Waals surface area (Å²) >= 11 is 0. The lowest BCUT2D eigenvalue weighted by molar-refractivity contribution is 0.0362. The van der Waals surface area contributed by atoms with E-state index in [1.807, 2.05) is 30.3 Å². The highest BCUT2D eigenvalue weighted by molar-refractivity contribution is 5.21. The summed E-state index contributed by atoms with van der Waals surface area (Å²) in [6.07, 6.45) is 0.617. The van der Waals surface area contributed by atoms with Crippen molar-refractivity contribution in [3.8, 4) is 5.75 Å². The average Bonchev–Trinajstić information content (AvgIpc) is 2.81. The van der Waals surface area contributed by atoms with Crippen LogP contribution in [0.2, 0.25) is 0 Å². The van der Waals surface area contributed by atoms with E-state index < -0.39 is 6.10 Å². The first-order valence-corrected chi connectivity index (χ1v) is 4.66. The van der Waals surface area contributed by atoms with Gasteiger partial charge in [0, 0.05) is 0 Å². The normalized spacial score (nSPS) is 16.2. The van der Waals surface area contributed by atoms with E-state index in [2.05, 4.69) is 0 Å². The van der Waals surface area contributed by atoms with Crippen LogP contribution >= 0.6 is 0 Å². The molecule has 0 fully saturated rings. The van der Waals surface area contributed by atoms with Gasteiger partial charge in [0.05, 0.1) is 0 Å². The van der Waals surface area contributed by atoms with Crippen LogP contribution in [0.5, 0.6) is 5.75 Å². The molecule has 1 heterocycles. The first-order valence-electron chi connectivity index (χ1n) is 4.66. The van der Waals surface area contributed by atoms with Crippen molar-refractivity contribution in [2.24, 2.45) is 0 Å². The molecule has 0 saturated carbocycles. The molecule has 0 aromatic heterocycles. The maximum atomic E-state index is 9.61. The van der Waals surface area contributed by atoms with Gasteiger partial charge in [-0.1, -0.05) is 18.2 Å². The van der Waals surface area contributed by atoms with Gasteiger partial charge in [0.25, 0.3) is 0 Å². The van der Waals surface area contributed by atoms with Crippen molar-refractivity contribution in [3.63, 3.8) is 0 Å². The van der Waals surface area contributed by atoms with E-state index in [1.54, 1.807) is 0 Å². The Morgan fingerprint density at radius 1 is 1.33 bits per heavy atom. The number of hydrogen-bond acceptors (Lipinski definition) is 4. The summed E-state index contributed by atoms with van der Waals surface area (Å²) in [6.45, 7) is 0.316. The number of rotatable bonds is 4. The fraction of sp³-hybridized carbons (Fsp3) is 0.273. The summed E-state index contributed by atoms with van der Waals surface area (Å²) in [5, 5.41) is 9.61. The lowest BCUT2D eigenvalue weighted by Gasteiger charge is -2.11. The highest BCUT2D eigenvalue weighted by Crippen LogP contribution is 2.14. The second-order valence-electron chi connectivity index (χ2n) is 3.09. The van der Waals surface area contributed by atoms with Crippen LogP contribution in [0.25, 0.3) is 0 Å². The molecular formula is C11H12O4. The SMILES string of the molecule is OC(COc1ccccc1)C1=COCO1. The zero-order chi connectivity index (χ0) is 10.5. The fourth-order valence-corrected chi connectivity index (χ4v) is 1.20. The molecule has 1 aromatic carbocycles. The number of hydrogen-bond donors (Lipinski definition) is 1. The summed E-state index contributed by atoms with van der Waals surface area (Å²) in [5.74, 6) is 1.13. The molecule has 0 bridgehead atoms. The third kappa shape index (κ3) is 2.63. The highest BCUT2D eigenvalue weighted by atomic mass is 16.7. The van der Waals surface area contributed by atoms with Crippen molar-refractivity contribution in [2.75, 3.05) is 13.4 Å². The Morgan fingerprint density at radius 3 is 2.80 bits per heavy atom. The van der Waals surface area contributed by atoms with E-state index in [0.717, 1.165) is 5.75 Å². The Labute approximate surface area is 87.7 Å². The Morgan fingerprint density at radius 2 is 2.13 bits per heavy atom. The molecule has 0 aliphatic carbocycles. The molecule has 15 heavy (non-hydrogen) atoms. The minimum absolute atomic E-state index is 0.152. The monoisotopic (exact) mass is 208 g/mol. The van der Waals surface area contributed by atoms with Crippen molar-refractivity contribution < 1.29 is 19.3 Å². The Bertz CT molecular complexity index is 334. The van der Waals surface area contributed by atoms with Gasteiger partial charge in [-0.25, -0.2) is 0 Å². The Balaban J connectivity index is 1.83. The first-order chi connectivity index (χ1) is 7.36. The smallest absolute Gasteiger partial charge is 0.230 e. The third-order valence-electron chi connectivity index (χ3n) is 1.97. The van der Waals surface area contributed by atoms with E-state index >= 15 is 0 Å². The average molecular weight is 208 g/mol. The number of para-hydroxylation sites is 1. The Hall–Kier alpha value is -1.68. The summed E-state index contributed by atoms with van der Waals surface area (Å²) in [6, 6.07) is 9.30.